The molecule has 2 unspecified atom stereocenters. The Labute approximate surface area is 139 Å². The van der Waals surface area contributed by atoms with Gasteiger partial charge < -0.3 is 19.3 Å². The van der Waals surface area contributed by atoms with Gasteiger partial charge in [0.25, 0.3) is 0 Å². The molecule has 0 amide bonds. The maximum atomic E-state index is 13.3. The molecule has 2 atom stereocenters. The van der Waals surface area contributed by atoms with Gasteiger partial charge in [-0.2, -0.15) is 13.2 Å². The third-order valence-corrected chi connectivity index (χ3v) is 3.39. The molecule has 0 aliphatic rings. The highest BCUT2D eigenvalue weighted by molar-refractivity contribution is 5.32. The van der Waals surface area contributed by atoms with Crippen LogP contribution in [-0.2, 0) is 9.47 Å². The lowest BCUT2D eigenvalue weighted by Crippen LogP contribution is -2.25. The highest BCUT2D eigenvalue weighted by Crippen LogP contribution is 2.33. The highest BCUT2D eigenvalue weighted by Gasteiger charge is 2.38. The van der Waals surface area contributed by atoms with Gasteiger partial charge in [-0.3, -0.25) is 0 Å². The van der Waals surface area contributed by atoms with Crippen LogP contribution < -0.4 is 4.74 Å². The van der Waals surface area contributed by atoms with Crippen molar-refractivity contribution in [3.63, 3.8) is 0 Å². The van der Waals surface area contributed by atoms with Crippen LogP contribution >= 0.6 is 0 Å². The van der Waals surface area contributed by atoms with Crippen molar-refractivity contribution in [2.75, 3.05) is 21.0 Å². The zero-order valence-corrected chi connectivity index (χ0v) is 14.0. The number of hydrogen-bond acceptors (Lipinski definition) is 4. The number of methoxy groups -OCH3 is 2. The van der Waals surface area contributed by atoms with Gasteiger partial charge in [0.1, 0.15) is 18.6 Å². The van der Waals surface area contributed by atoms with Gasteiger partial charge in [-0.1, -0.05) is 25.5 Å². The Kier molecular flexibility index (Phi) is 8.24. The van der Waals surface area contributed by atoms with Crippen molar-refractivity contribution in [2.24, 2.45) is 0 Å². The summed E-state index contributed by atoms with van der Waals surface area (Å²) in [5, 5.41) is 9.85. The van der Waals surface area contributed by atoms with Crippen molar-refractivity contribution < 1.29 is 32.5 Å². The number of hydrogen-bond donors (Lipinski definition) is 1. The molecular formula is C17H23F3O4. The molecule has 0 bridgehead atoms. The van der Waals surface area contributed by atoms with Gasteiger partial charge in [-0.25, -0.2) is 0 Å². The molecule has 1 N–H and O–H groups in total. The first-order valence-electron chi connectivity index (χ1n) is 7.54. The van der Waals surface area contributed by atoms with Crippen LogP contribution in [0.2, 0.25) is 0 Å². The van der Waals surface area contributed by atoms with E-state index in [1.165, 1.54) is 14.2 Å². The maximum Gasteiger partial charge on any atom is 0.414 e. The molecule has 7 heteroatoms. The average molecular weight is 348 g/mol. The molecule has 0 radical (unpaired) electrons. The van der Waals surface area contributed by atoms with Crippen molar-refractivity contribution in [2.45, 2.75) is 38.1 Å². The van der Waals surface area contributed by atoms with E-state index < -0.39 is 24.0 Å². The van der Waals surface area contributed by atoms with Crippen molar-refractivity contribution in [1.82, 2.24) is 0 Å². The molecule has 136 valence electrons. The number of aliphatic hydroxyl groups excluding tert-OH is 1. The minimum absolute atomic E-state index is 0.0188. The maximum absolute atomic E-state index is 13.3. The first kappa shape index (κ1) is 20.5. The molecule has 0 aliphatic carbocycles. The third-order valence-electron chi connectivity index (χ3n) is 3.39. The van der Waals surface area contributed by atoms with E-state index in [2.05, 4.69) is 0 Å². The van der Waals surface area contributed by atoms with E-state index in [1.54, 1.807) is 31.2 Å². The van der Waals surface area contributed by atoms with E-state index in [1.807, 2.05) is 0 Å². The monoisotopic (exact) mass is 348 g/mol. The van der Waals surface area contributed by atoms with E-state index in [0.29, 0.717) is 17.7 Å². The van der Waals surface area contributed by atoms with Crippen molar-refractivity contribution in [3.8, 4) is 5.75 Å². The molecular weight excluding hydrogens is 325 g/mol. The summed E-state index contributed by atoms with van der Waals surface area (Å²) < 4.78 is 55.0. The lowest BCUT2D eigenvalue weighted by atomic mass is 10.00. The van der Waals surface area contributed by atoms with Gasteiger partial charge in [0.05, 0.1) is 18.8 Å². The quantitative estimate of drug-likeness (QED) is 0.541. The standard InChI is InChI=1S/C17H23F3O4/c1-4-5-15(21)14(17(18,19)20)10-16(24-11-22-2)12-6-8-13(23-3)9-7-12/h6-10,15-16,21H,4-5,11H2,1-3H3/b14-10-. The number of ether oxygens (including phenoxy) is 3. The van der Waals surface area contributed by atoms with Gasteiger partial charge in [-0.05, 0) is 30.2 Å². The molecule has 4 nitrogen and oxygen atoms in total. The van der Waals surface area contributed by atoms with Gasteiger partial charge in [0.2, 0.25) is 0 Å². The summed E-state index contributed by atoms with van der Waals surface area (Å²) in [7, 11) is 2.88. The van der Waals surface area contributed by atoms with E-state index in [-0.39, 0.29) is 13.2 Å². The summed E-state index contributed by atoms with van der Waals surface area (Å²) in [6, 6.07) is 6.47. The first-order chi connectivity index (χ1) is 11.3. The van der Waals surface area contributed by atoms with Crippen LogP contribution in [0.5, 0.6) is 5.75 Å². The van der Waals surface area contributed by atoms with Gasteiger partial charge in [-0.15, -0.1) is 0 Å². The largest absolute Gasteiger partial charge is 0.497 e. The number of alkyl halides is 3. The number of aliphatic hydroxyl groups is 1. The van der Waals surface area contributed by atoms with E-state index in [0.717, 1.165) is 6.08 Å². The van der Waals surface area contributed by atoms with Crippen LogP contribution in [0.1, 0.15) is 31.4 Å². The molecule has 24 heavy (non-hydrogen) atoms. The fraction of sp³-hybridized carbons (Fsp3) is 0.529. The van der Waals surface area contributed by atoms with Crippen molar-refractivity contribution in [1.29, 1.82) is 0 Å². The predicted molar refractivity (Wildman–Crippen MR) is 83.7 cm³/mol. The van der Waals surface area contributed by atoms with E-state index >= 15 is 0 Å². The van der Waals surface area contributed by atoms with Crippen LogP contribution in [0.15, 0.2) is 35.9 Å². The third kappa shape index (κ3) is 6.14. The Morgan fingerprint density at radius 2 is 1.83 bits per heavy atom. The predicted octanol–water partition coefficient (Wildman–Crippen LogP) is 4.01. The summed E-state index contributed by atoms with van der Waals surface area (Å²) in [4.78, 5) is 0. The normalized spacial score (nSPS) is 15.2. The summed E-state index contributed by atoms with van der Waals surface area (Å²) in [5.41, 5.74) is -0.514. The lowest BCUT2D eigenvalue weighted by molar-refractivity contribution is -0.109. The van der Waals surface area contributed by atoms with Gasteiger partial charge in [0.15, 0.2) is 0 Å². The molecule has 0 saturated carbocycles. The van der Waals surface area contributed by atoms with E-state index in [9.17, 15) is 18.3 Å². The number of rotatable bonds is 9. The zero-order valence-electron chi connectivity index (χ0n) is 14.0. The molecule has 0 aromatic heterocycles. The Bertz CT molecular complexity index is 512. The molecule has 0 spiro atoms. The second kappa shape index (κ2) is 9.66. The molecule has 1 aromatic rings. The first-order valence-corrected chi connectivity index (χ1v) is 7.54. The van der Waals surface area contributed by atoms with E-state index in [4.69, 9.17) is 14.2 Å². The van der Waals surface area contributed by atoms with Crippen molar-refractivity contribution >= 4 is 0 Å². The Balaban J connectivity index is 3.19. The fourth-order valence-electron chi connectivity index (χ4n) is 2.16. The van der Waals surface area contributed by atoms with Crippen LogP contribution in [-0.4, -0.2) is 38.4 Å². The lowest BCUT2D eigenvalue weighted by Gasteiger charge is -2.21. The zero-order chi connectivity index (χ0) is 18.2. The summed E-state index contributed by atoms with van der Waals surface area (Å²) >= 11 is 0. The second-order valence-electron chi connectivity index (χ2n) is 5.19. The molecule has 1 aromatic carbocycles. The summed E-state index contributed by atoms with van der Waals surface area (Å²) in [5.74, 6) is 0.579. The smallest absolute Gasteiger partial charge is 0.414 e. The Hall–Kier alpha value is -1.57. The van der Waals surface area contributed by atoms with Crippen LogP contribution in [0.4, 0.5) is 13.2 Å². The minimum Gasteiger partial charge on any atom is -0.497 e. The topological polar surface area (TPSA) is 47.9 Å². The molecule has 0 fully saturated rings. The van der Waals surface area contributed by atoms with Gasteiger partial charge in [0, 0.05) is 7.11 Å². The average Bonchev–Trinajstić information content (AvgIpc) is 2.54. The second-order valence-corrected chi connectivity index (χ2v) is 5.19. The van der Waals surface area contributed by atoms with Crippen LogP contribution in [0.3, 0.4) is 0 Å². The summed E-state index contributed by atoms with van der Waals surface area (Å²) in [6.07, 6.45) is -5.89. The van der Waals surface area contributed by atoms with Gasteiger partial charge >= 0.3 is 6.18 Å². The van der Waals surface area contributed by atoms with Crippen LogP contribution in [0.25, 0.3) is 0 Å². The van der Waals surface area contributed by atoms with Crippen LogP contribution in [0, 0.1) is 0 Å². The Morgan fingerprint density at radius 3 is 2.29 bits per heavy atom. The summed E-state index contributed by atoms with van der Waals surface area (Å²) in [6.45, 7) is 1.53. The molecule has 0 heterocycles. The number of halogens is 3. The van der Waals surface area contributed by atoms with Crippen molar-refractivity contribution in [3.05, 3.63) is 41.5 Å². The molecule has 1 rings (SSSR count). The number of benzene rings is 1. The molecule has 0 saturated heterocycles. The minimum atomic E-state index is -4.64. The highest BCUT2D eigenvalue weighted by atomic mass is 19.4. The Morgan fingerprint density at radius 1 is 1.21 bits per heavy atom. The fourth-order valence-corrected chi connectivity index (χ4v) is 2.16. The molecule has 0 aliphatic heterocycles. The SMILES string of the molecule is CCCC(O)/C(=C/C(OCOC)c1ccc(OC)cc1)C(F)(F)F.